The van der Waals surface area contributed by atoms with Crippen molar-refractivity contribution in [2.24, 2.45) is 0 Å². The largest absolute Gasteiger partial charge is 0.459 e. The summed E-state index contributed by atoms with van der Waals surface area (Å²) < 4.78 is 31.1. The van der Waals surface area contributed by atoms with Gasteiger partial charge >= 0.3 is 0 Å². The van der Waals surface area contributed by atoms with Crippen molar-refractivity contribution >= 4 is 17.7 Å². The first-order valence-corrected chi connectivity index (χ1v) is 7.29. The van der Waals surface area contributed by atoms with Gasteiger partial charge in [0.1, 0.15) is 11.6 Å². The highest BCUT2D eigenvalue weighted by Gasteiger charge is 2.13. The smallest absolute Gasteiger partial charge is 0.287 e. The van der Waals surface area contributed by atoms with Crippen LogP contribution in [0.15, 0.2) is 41.0 Å². The van der Waals surface area contributed by atoms with Crippen LogP contribution in [0, 0.1) is 11.6 Å². The van der Waals surface area contributed by atoms with Crippen molar-refractivity contribution in [3.63, 3.8) is 0 Å². The lowest BCUT2D eigenvalue weighted by Gasteiger charge is -2.08. The van der Waals surface area contributed by atoms with Gasteiger partial charge < -0.3 is 20.4 Å². The van der Waals surface area contributed by atoms with Crippen molar-refractivity contribution < 1.29 is 27.6 Å². The van der Waals surface area contributed by atoms with Crippen molar-refractivity contribution in [2.45, 2.75) is 0 Å². The Morgan fingerprint density at radius 1 is 0.960 bits per heavy atom. The van der Waals surface area contributed by atoms with Gasteiger partial charge in [0.15, 0.2) is 5.76 Å². The van der Waals surface area contributed by atoms with Gasteiger partial charge in [-0.15, -0.1) is 0 Å². The van der Waals surface area contributed by atoms with Crippen molar-refractivity contribution in [3.05, 3.63) is 59.6 Å². The molecule has 2 rings (SSSR count). The average molecular weight is 351 g/mol. The van der Waals surface area contributed by atoms with Gasteiger partial charge in [-0.3, -0.25) is 14.4 Å². The van der Waals surface area contributed by atoms with Crippen LogP contribution in [0.4, 0.5) is 8.78 Å². The lowest BCUT2D eigenvalue weighted by atomic mass is 10.2. The van der Waals surface area contributed by atoms with Gasteiger partial charge in [-0.05, 0) is 24.3 Å². The van der Waals surface area contributed by atoms with E-state index in [0.717, 1.165) is 12.1 Å². The monoisotopic (exact) mass is 351 g/mol. The summed E-state index contributed by atoms with van der Waals surface area (Å²) in [5.74, 6) is -3.44. The van der Waals surface area contributed by atoms with Gasteiger partial charge in [-0.2, -0.15) is 0 Å². The first kappa shape index (κ1) is 18.1. The predicted octanol–water partition coefficient (Wildman–Crippen LogP) is 0.834. The summed E-state index contributed by atoms with van der Waals surface area (Å²) in [6, 6.07) is 5.58. The maximum Gasteiger partial charge on any atom is 0.287 e. The highest BCUT2D eigenvalue weighted by atomic mass is 19.1. The molecule has 0 bridgehead atoms. The number of halogens is 2. The Hall–Kier alpha value is -3.23. The molecule has 0 radical (unpaired) electrons. The summed E-state index contributed by atoms with van der Waals surface area (Å²) in [5.41, 5.74) is -0.361. The van der Waals surface area contributed by atoms with Crippen LogP contribution < -0.4 is 16.0 Å². The molecule has 0 spiro atoms. The summed E-state index contributed by atoms with van der Waals surface area (Å²) in [5, 5.41) is 7.20. The van der Waals surface area contributed by atoms with Crippen LogP contribution in [-0.4, -0.2) is 37.4 Å². The maximum atomic E-state index is 13.4. The van der Waals surface area contributed by atoms with Crippen molar-refractivity contribution in [1.82, 2.24) is 16.0 Å². The number of nitrogens with one attached hydrogen (secondary N) is 3. The van der Waals surface area contributed by atoms with E-state index in [9.17, 15) is 23.2 Å². The molecule has 0 fully saturated rings. The fourth-order valence-corrected chi connectivity index (χ4v) is 1.86. The molecule has 1 heterocycles. The normalized spacial score (nSPS) is 10.2. The van der Waals surface area contributed by atoms with E-state index in [4.69, 9.17) is 4.42 Å². The lowest BCUT2D eigenvalue weighted by Crippen LogP contribution is -2.40. The minimum atomic E-state index is -1.02. The molecule has 2 aromatic rings. The van der Waals surface area contributed by atoms with E-state index >= 15 is 0 Å². The van der Waals surface area contributed by atoms with Crippen LogP contribution in [0.1, 0.15) is 20.9 Å². The Balaban J connectivity index is 1.66. The van der Waals surface area contributed by atoms with Crippen LogP contribution in [-0.2, 0) is 4.79 Å². The van der Waals surface area contributed by atoms with E-state index in [0.29, 0.717) is 6.07 Å². The van der Waals surface area contributed by atoms with Crippen LogP contribution in [0.3, 0.4) is 0 Å². The van der Waals surface area contributed by atoms with Gasteiger partial charge in [0.25, 0.3) is 11.8 Å². The molecular formula is C16H15F2N3O4. The van der Waals surface area contributed by atoms with Crippen LogP contribution >= 0.6 is 0 Å². The van der Waals surface area contributed by atoms with Crippen LogP contribution in [0.2, 0.25) is 0 Å². The Kier molecular flexibility index (Phi) is 6.21. The van der Waals surface area contributed by atoms with E-state index in [1.165, 1.54) is 12.3 Å². The average Bonchev–Trinajstić information content (AvgIpc) is 3.11. The molecule has 0 unspecified atom stereocenters. The molecule has 1 aromatic heterocycles. The second-order valence-electron chi connectivity index (χ2n) is 4.89. The summed E-state index contributed by atoms with van der Waals surface area (Å²) in [7, 11) is 0. The Morgan fingerprint density at radius 2 is 1.72 bits per heavy atom. The van der Waals surface area contributed by atoms with Crippen molar-refractivity contribution in [2.75, 3.05) is 19.6 Å². The third-order valence-electron chi connectivity index (χ3n) is 3.06. The Bertz CT molecular complexity index is 763. The van der Waals surface area contributed by atoms with Crippen LogP contribution in [0.25, 0.3) is 0 Å². The molecule has 25 heavy (non-hydrogen) atoms. The number of amides is 3. The quantitative estimate of drug-likeness (QED) is 0.644. The number of hydrogen-bond acceptors (Lipinski definition) is 4. The molecule has 0 aliphatic heterocycles. The molecule has 0 atom stereocenters. The van der Waals surface area contributed by atoms with Gasteiger partial charge in [0.2, 0.25) is 5.91 Å². The zero-order valence-electron chi connectivity index (χ0n) is 13.0. The second-order valence-corrected chi connectivity index (χ2v) is 4.89. The summed E-state index contributed by atoms with van der Waals surface area (Å²) in [6.45, 7) is -0.0976. The minimum Gasteiger partial charge on any atom is -0.459 e. The Labute approximate surface area is 141 Å². The zero-order valence-corrected chi connectivity index (χ0v) is 13.0. The number of furan rings is 1. The fourth-order valence-electron chi connectivity index (χ4n) is 1.86. The molecule has 0 saturated carbocycles. The molecule has 3 amide bonds. The van der Waals surface area contributed by atoms with E-state index in [2.05, 4.69) is 16.0 Å². The number of carbonyl (C=O) groups is 3. The third-order valence-corrected chi connectivity index (χ3v) is 3.06. The van der Waals surface area contributed by atoms with E-state index < -0.39 is 29.4 Å². The van der Waals surface area contributed by atoms with E-state index in [-0.39, 0.29) is 31.0 Å². The van der Waals surface area contributed by atoms with Crippen molar-refractivity contribution in [3.8, 4) is 0 Å². The molecular weight excluding hydrogens is 336 g/mol. The van der Waals surface area contributed by atoms with Crippen molar-refractivity contribution in [1.29, 1.82) is 0 Å². The molecule has 0 aliphatic carbocycles. The lowest BCUT2D eigenvalue weighted by molar-refractivity contribution is -0.120. The molecule has 9 heteroatoms. The van der Waals surface area contributed by atoms with Gasteiger partial charge in [0, 0.05) is 19.2 Å². The maximum absolute atomic E-state index is 13.4. The SMILES string of the molecule is O=C(CNC(=O)c1ccc(F)cc1F)NCCNC(=O)c1ccco1. The second kappa shape index (κ2) is 8.57. The predicted molar refractivity (Wildman–Crippen MR) is 82.7 cm³/mol. The minimum absolute atomic E-state index is 0.131. The first-order valence-electron chi connectivity index (χ1n) is 7.29. The standard InChI is InChI=1S/C16H15F2N3O4/c17-10-3-4-11(12(18)8-10)15(23)21-9-14(22)19-5-6-20-16(24)13-2-1-7-25-13/h1-4,7-8H,5-6,9H2,(H,19,22)(H,20,24)(H,21,23). The molecule has 132 valence electrons. The van der Waals surface area contributed by atoms with Gasteiger partial charge in [-0.25, -0.2) is 8.78 Å². The summed E-state index contributed by atoms with van der Waals surface area (Å²) in [6.07, 6.45) is 1.36. The van der Waals surface area contributed by atoms with E-state index in [1.807, 2.05) is 0 Å². The number of rotatable bonds is 7. The highest BCUT2D eigenvalue weighted by molar-refractivity contribution is 5.96. The molecule has 3 N–H and O–H groups in total. The molecule has 1 aromatic carbocycles. The fraction of sp³-hybridized carbons (Fsp3) is 0.188. The summed E-state index contributed by atoms with van der Waals surface area (Å²) in [4.78, 5) is 34.8. The molecule has 0 aliphatic rings. The van der Waals surface area contributed by atoms with E-state index in [1.54, 1.807) is 6.07 Å². The number of hydrogen-bond donors (Lipinski definition) is 3. The summed E-state index contributed by atoms with van der Waals surface area (Å²) >= 11 is 0. The van der Waals surface area contributed by atoms with Gasteiger partial charge in [-0.1, -0.05) is 0 Å². The third kappa shape index (κ3) is 5.41. The molecule has 0 saturated heterocycles. The number of benzene rings is 1. The zero-order chi connectivity index (χ0) is 18.2. The first-order chi connectivity index (χ1) is 12.0. The van der Waals surface area contributed by atoms with Gasteiger partial charge in [0.05, 0.1) is 18.4 Å². The van der Waals surface area contributed by atoms with Crippen LogP contribution in [0.5, 0.6) is 0 Å². The number of carbonyl (C=O) groups excluding carboxylic acids is 3. The Morgan fingerprint density at radius 3 is 2.40 bits per heavy atom. The highest BCUT2D eigenvalue weighted by Crippen LogP contribution is 2.08. The topological polar surface area (TPSA) is 100 Å². The molecule has 7 nitrogen and oxygen atoms in total.